The van der Waals surface area contributed by atoms with E-state index in [-0.39, 0.29) is 5.75 Å². The highest BCUT2D eigenvalue weighted by molar-refractivity contribution is 5.90. The number of hydrogen-bond acceptors (Lipinski definition) is 2. The summed E-state index contributed by atoms with van der Waals surface area (Å²) in [5.41, 5.74) is 1.19. The monoisotopic (exact) mass is 296 g/mol. The van der Waals surface area contributed by atoms with Gasteiger partial charge in [0, 0.05) is 18.8 Å². The minimum absolute atomic E-state index is 0.162. The highest BCUT2D eigenvalue weighted by Crippen LogP contribution is 2.34. The van der Waals surface area contributed by atoms with Crippen molar-refractivity contribution in [1.82, 2.24) is 9.88 Å². The van der Waals surface area contributed by atoms with E-state index in [9.17, 15) is 8.78 Å². The summed E-state index contributed by atoms with van der Waals surface area (Å²) in [7, 11) is 3.93. The number of nitrogens with one attached hydrogen (secondary N) is 1. The van der Waals surface area contributed by atoms with Crippen molar-refractivity contribution < 1.29 is 13.5 Å². The van der Waals surface area contributed by atoms with Gasteiger partial charge < -0.3 is 14.6 Å². The lowest BCUT2D eigenvalue weighted by Gasteiger charge is -2.12. The molecule has 2 rings (SSSR count). The van der Waals surface area contributed by atoms with Crippen LogP contribution in [0.4, 0.5) is 8.78 Å². The number of rotatable bonds is 7. The Hall–Kier alpha value is -1.62. The van der Waals surface area contributed by atoms with Crippen molar-refractivity contribution in [2.24, 2.45) is 0 Å². The van der Waals surface area contributed by atoms with Crippen molar-refractivity contribution in [2.75, 3.05) is 27.2 Å². The van der Waals surface area contributed by atoms with Crippen LogP contribution >= 0.6 is 0 Å². The summed E-state index contributed by atoms with van der Waals surface area (Å²) in [6.45, 7) is 3.28. The summed E-state index contributed by atoms with van der Waals surface area (Å²) in [6, 6.07) is 0.885. The Morgan fingerprint density at radius 2 is 2.00 bits per heavy atom. The van der Waals surface area contributed by atoms with Gasteiger partial charge in [0.15, 0.2) is 11.6 Å². The first kappa shape index (κ1) is 15.8. The number of likely N-dealkylation sites (N-methyl/N-ethyl adjacent to an activating group) is 1. The number of halogens is 2. The maximum Gasteiger partial charge on any atom is 0.168 e. The van der Waals surface area contributed by atoms with Crippen molar-refractivity contribution in [3.05, 3.63) is 29.5 Å². The van der Waals surface area contributed by atoms with Gasteiger partial charge in [-0.15, -0.1) is 0 Å². The molecule has 2 aromatic rings. The normalized spacial score (nSPS) is 11.5. The molecule has 1 aromatic heterocycles. The number of hydrogen-bond donors (Lipinski definition) is 1. The quantitative estimate of drug-likeness (QED) is 0.789. The second-order valence-corrected chi connectivity index (χ2v) is 5.49. The molecule has 21 heavy (non-hydrogen) atoms. The molecular weight excluding hydrogens is 274 g/mol. The van der Waals surface area contributed by atoms with Crippen molar-refractivity contribution in [3.63, 3.8) is 0 Å². The van der Waals surface area contributed by atoms with Crippen molar-refractivity contribution >= 4 is 10.9 Å². The molecule has 116 valence electrons. The molecule has 0 amide bonds. The first-order valence-electron chi connectivity index (χ1n) is 7.30. The molecule has 5 heteroatoms. The van der Waals surface area contributed by atoms with Gasteiger partial charge in [-0.25, -0.2) is 8.78 Å². The third-order valence-electron chi connectivity index (χ3n) is 3.47. The predicted octanol–water partition coefficient (Wildman–Crippen LogP) is 3.73. The number of H-pyrrole nitrogens is 1. The van der Waals surface area contributed by atoms with Crippen LogP contribution in [-0.4, -0.2) is 37.1 Å². The predicted molar refractivity (Wildman–Crippen MR) is 80.9 cm³/mol. The Morgan fingerprint density at radius 1 is 1.24 bits per heavy atom. The fourth-order valence-electron chi connectivity index (χ4n) is 2.28. The van der Waals surface area contributed by atoms with Crippen molar-refractivity contribution in [1.29, 1.82) is 0 Å². The number of nitrogens with zero attached hydrogens (tertiary/aromatic N) is 1. The smallest absolute Gasteiger partial charge is 0.168 e. The summed E-state index contributed by atoms with van der Waals surface area (Å²) in [5.74, 6) is -1.06. The van der Waals surface area contributed by atoms with E-state index in [1.54, 1.807) is 6.20 Å². The Bertz CT molecular complexity index is 608. The highest BCUT2D eigenvalue weighted by atomic mass is 19.1. The highest BCUT2D eigenvalue weighted by Gasteiger charge is 2.18. The molecule has 0 atom stereocenters. The molecule has 3 nitrogen and oxygen atoms in total. The minimum Gasteiger partial charge on any atom is -0.490 e. The van der Waals surface area contributed by atoms with E-state index in [0.717, 1.165) is 31.0 Å². The molecular formula is C16H22F2N2O. The molecule has 0 bridgehead atoms. The van der Waals surface area contributed by atoms with Gasteiger partial charge in [-0.2, -0.15) is 0 Å². The molecule has 0 unspecified atom stereocenters. The molecule has 0 fully saturated rings. The molecule has 0 saturated heterocycles. The average Bonchev–Trinajstić information content (AvgIpc) is 2.84. The van der Waals surface area contributed by atoms with Crippen LogP contribution < -0.4 is 4.74 Å². The van der Waals surface area contributed by atoms with Crippen LogP contribution in [0.25, 0.3) is 10.9 Å². The summed E-state index contributed by atoms with van der Waals surface area (Å²) >= 11 is 0. The second-order valence-electron chi connectivity index (χ2n) is 5.49. The third kappa shape index (κ3) is 3.53. The average molecular weight is 296 g/mol. The molecule has 0 aliphatic carbocycles. The zero-order valence-corrected chi connectivity index (χ0v) is 12.8. The van der Waals surface area contributed by atoms with E-state index in [1.807, 2.05) is 25.9 Å². The largest absolute Gasteiger partial charge is 0.490 e. The molecule has 0 aliphatic rings. The van der Waals surface area contributed by atoms with Gasteiger partial charge in [0.05, 0.1) is 17.5 Å². The zero-order chi connectivity index (χ0) is 15.4. The van der Waals surface area contributed by atoms with Gasteiger partial charge in [-0.05, 0) is 32.5 Å². The van der Waals surface area contributed by atoms with Crippen LogP contribution in [0.15, 0.2) is 12.3 Å². The lowest BCUT2D eigenvalue weighted by molar-refractivity contribution is 0.297. The Kier molecular flexibility index (Phi) is 5.17. The topological polar surface area (TPSA) is 28.3 Å². The van der Waals surface area contributed by atoms with E-state index in [0.29, 0.717) is 23.9 Å². The van der Waals surface area contributed by atoms with E-state index < -0.39 is 11.6 Å². The molecule has 0 saturated carbocycles. The van der Waals surface area contributed by atoms with E-state index >= 15 is 0 Å². The Morgan fingerprint density at radius 3 is 2.67 bits per heavy atom. The second kappa shape index (κ2) is 6.89. The van der Waals surface area contributed by atoms with Crippen LogP contribution in [0.1, 0.15) is 25.3 Å². The number of fused-ring (bicyclic) bond motifs is 1. The van der Waals surface area contributed by atoms with Crippen LogP contribution in [0, 0.1) is 11.6 Å². The van der Waals surface area contributed by atoms with Gasteiger partial charge in [-0.3, -0.25) is 0 Å². The molecule has 0 aliphatic heterocycles. The third-order valence-corrected chi connectivity index (χ3v) is 3.47. The summed E-state index contributed by atoms with van der Waals surface area (Å²) < 4.78 is 33.5. The fraction of sp³-hybridized carbons (Fsp3) is 0.500. The minimum atomic E-state index is -0.637. The SMILES string of the molecule is CCCCOc1c(F)cc(F)c2[nH]cc(CCN(C)C)c12. The van der Waals surface area contributed by atoms with Crippen LogP contribution in [0.2, 0.25) is 0 Å². The lowest BCUT2D eigenvalue weighted by Crippen LogP contribution is -2.15. The molecule has 1 N–H and O–H groups in total. The van der Waals surface area contributed by atoms with Crippen molar-refractivity contribution in [2.45, 2.75) is 26.2 Å². The van der Waals surface area contributed by atoms with Gasteiger partial charge >= 0.3 is 0 Å². The zero-order valence-electron chi connectivity index (χ0n) is 12.8. The van der Waals surface area contributed by atoms with Gasteiger partial charge in [0.25, 0.3) is 0 Å². The first-order valence-corrected chi connectivity index (χ1v) is 7.30. The van der Waals surface area contributed by atoms with Crippen LogP contribution in [-0.2, 0) is 6.42 Å². The number of aromatic amines is 1. The number of aromatic nitrogens is 1. The van der Waals surface area contributed by atoms with Gasteiger partial charge in [0.2, 0.25) is 0 Å². The maximum atomic E-state index is 14.1. The Labute approximate surface area is 123 Å². The van der Waals surface area contributed by atoms with Gasteiger partial charge in [-0.1, -0.05) is 13.3 Å². The van der Waals surface area contributed by atoms with Crippen LogP contribution in [0.3, 0.4) is 0 Å². The summed E-state index contributed by atoms with van der Waals surface area (Å²) in [4.78, 5) is 4.93. The van der Waals surface area contributed by atoms with Crippen molar-refractivity contribution in [3.8, 4) is 5.75 Å². The van der Waals surface area contributed by atoms with Crippen LogP contribution in [0.5, 0.6) is 5.75 Å². The molecule has 1 heterocycles. The standard InChI is InChI=1S/C16H22F2N2O/c1-4-5-8-21-16-13(18)9-12(17)15-14(16)11(10-19-15)6-7-20(2)3/h9-10,19H,4-8H2,1-3H3. The molecule has 0 radical (unpaired) electrons. The van der Waals surface area contributed by atoms with E-state index in [1.165, 1.54) is 0 Å². The first-order chi connectivity index (χ1) is 10.0. The van der Waals surface area contributed by atoms with E-state index in [2.05, 4.69) is 4.98 Å². The summed E-state index contributed by atoms with van der Waals surface area (Å²) in [5, 5.41) is 0.533. The number of ether oxygens (including phenoxy) is 1. The maximum absolute atomic E-state index is 14.1. The summed E-state index contributed by atoms with van der Waals surface area (Å²) in [6.07, 6.45) is 4.26. The molecule has 1 aromatic carbocycles. The fourth-order valence-corrected chi connectivity index (χ4v) is 2.28. The molecule has 0 spiro atoms. The Balaban J connectivity index is 2.41. The number of unbranched alkanes of at least 4 members (excludes halogenated alkanes) is 1. The lowest BCUT2D eigenvalue weighted by atomic mass is 10.1. The van der Waals surface area contributed by atoms with Gasteiger partial charge in [0.1, 0.15) is 5.82 Å². The van der Waals surface area contributed by atoms with E-state index in [4.69, 9.17) is 4.74 Å². The number of benzene rings is 1.